The smallest absolute Gasteiger partial charge is 0.123 e. The molecule has 0 bridgehead atoms. The van der Waals surface area contributed by atoms with E-state index < -0.39 is 0 Å². The van der Waals surface area contributed by atoms with Crippen LogP contribution in [0.3, 0.4) is 0 Å². The largest absolute Gasteiger partial charge is 0.507 e. The van der Waals surface area contributed by atoms with E-state index in [1.54, 1.807) is 0 Å². The fourth-order valence-electron chi connectivity index (χ4n) is 5.26. The highest BCUT2D eigenvalue weighted by atomic mass is 16.3. The molecule has 1 aliphatic carbocycles. The maximum absolute atomic E-state index is 11.7. The molecule has 2 nitrogen and oxygen atoms in total. The van der Waals surface area contributed by atoms with Crippen molar-refractivity contribution in [3.63, 3.8) is 0 Å². The zero-order valence-electron chi connectivity index (χ0n) is 22.0. The van der Waals surface area contributed by atoms with Crippen molar-refractivity contribution in [2.75, 3.05) is 0 Å². The molecule has 180 valence electrons. The molecular formula is C31H44O2. The van der Waals surface area contributed by atoms with Gasteiger partial charge in [-0.25, -0.2) is 0 Å². The van der Waals surface area contributed by atoms with Gasteiger partial charge in [-0.3, -0.25) is 0 Å². The summed E-state index contributed by atoms with van der Waals surface area (Å²) in [5.41, 5.74) is 6.10. The standard InChI is InChI=1S/C31H44O2/c1-9-20-16-23(28(32)25(18-20)30(3,4)5)27(22-14-12-11-13-15-22)24-17-21(10-2)19-26(29(24)33)31(6,7)8/h11-12,16-19,22,27,32-33H,9-10,13-15H2,1-8H3. The van der Waals surface area contributed by atoms with Gasteiger partial charge >= 0.3 is 0 Å². The first-order valence-electron chi connectivity index (χ1n) is 12.8. The van der Waals surface area contributed by atoms with Gasteiger partial charge in [0, 0.05) is 17.0 Å². The van der Waals surface area contributed by atoms with Crippen molar-refractivity contribution < 1.29 is 10.2 Å². The van der Waals surface area contributed by atoms with Gasteiger partial charge in [0.2, 0.25) is 0 Å². The summed E-state index contributed by atoms with van der Waals surface area (Å²) in [5, 5.41) is 23.3. The number of aryl methyl sites for hydroxylation is 2. The first-order valence-corrected chi connectivity index (χ1v) is 12.8. The Morgan fingerprint density at radius 1 is 0.758 bits per heavy atom. The fraction of sp³-hybridized carbons (Fsp3) is 0.548. The zero-order chi connectivity index (χ0) is 24.6. The van der Waals surface area contributed by atoms with Gasteiger partial charge in [0.05, 0.1) is 0 Å². The molecule has 0 saturated heterocycles. The van der Waals surface area contributed by atoms with E-state index in [4.69, 9.17) is 0 Å². The molecule has 1 aliphatic rings. The molecule has 2 N–H and O–H groups in total. The molecule has 0 aromatic heterocycles. The van der Waals surface area contributed by atoms with E-state index >= 15 is 0 Å². The molecule has 2 aromatic rings. The predicted molar refractivity (Wildman–Crippen MR) is 141 cm³/mol. The number of phenolic OH excluding ortho intramolecular Hbond substituents is 2. The maximum Gasteiger partial charge on any atom is 0.123 e. The van der Waals surface area contributed by atoms with Crippen LogP contribution < -0.4 is 0 Å². The lowest BCUT2D eigenvalue weighted by atomic mass is 9.71. The van der Waals surface area contributed by atoms with Crippen molar-refractivity contribution in [1.29, 1.82) is 0 Å². The van der Waals surface area contributed by atoms with Crippen molar-refractivity contribution in [3.05, 3.63) is 69.8 Å². The van der Waals surface area contributed by atoms with Crippen molar-refractivity contribution in [3.8, 4) is 11.5 Å². The number of hydrogen-bond donors (Lipinski definition) is 2. The molecule has 0 spiro atoms. The Morgan fingerprint density at radius 3 is 1.55 bits per heavy atom. The van der Waals surface area contributed by atoms with Crippen LogP contribution in [0, 0.1) is 5.92 Å². The molecule has 33 heavy (non-hydrogen) atoms. The second-order valence-electron chi connectivity index (χ2n) is 11.9. The van der Waals surface area contributed by atoms with Gasteiger partial charge in [-0.1, -0.05) is 91.8 Å². The summed E-state index contributed by atoms with van der Waals surface area (Å²) >= 11 is 0. The molecule has 0 amide bonds. The van der Waals surface area contributed by atoms with Crippen LogP contribution in [0.2, 0.25) is 0 Å². The van der Waals surface area contributed by atoms with Gasteiger partial charge in [0.1, 0.15) is 11.5 Å². The maximum atomic E-state index is 11.7. The normalized spacial score (nSPS) is 17.1. The van der Waals surface area contributed by atoms with Crippen LogP contribution in [-0.2, 0) is 23.7 Å². The third kappa shape index (κ3) is 5.31. The Labute approximate surface area is 201 Å². The highest BCUT2D eigenvalue weighted by Gasteiger charge is 2.34. The van der Waals surface area contributed by atoms with E-state index in [-0.39, 0.29) is 16.7 Å². The summed E-state index contributed by atoms with van der Waals surface area (Å²) in [6, 6.07) is 8.73. The topological polar surface area (TPSA) is 40.5 Å². The second-order valence-corrected chi connectivity index (χ2v) is 11.9. The highest BCUT2D eigenvalue weighted by Crippen LogP contribution is 2.49. The van der Waals surface area contributed by atoms with Gasteiger partial charge in [0.15, 0.2) is 0 Å². The Hall–Kier alpha value is -2.22. The lowest BCUT2D eigenvalue weighted by Gasteiger charge is -2.34. The SMILES string of the molecule is CCc1cc(C(c2cc(CC)cc(C(C)(C)C)c2O)C2CC=CCC2)c(O)c(C(C)(C)C)c1. The summed E-state index contributed by atoms with van der Waals surface area (Å²) in [6.45, 7) is 17.3. The predicted octanol–water partition coefficient (Wildman–Crippen LogP) is 8.31. The Bertz CT molecular complexity index is 943. The van der Waals surface area contributed by atoms with E-state index in [0.29, 0.717) is 17.4 Å². The molecule has 2 aromatic carbocycles. The molecule has 2 heteroatoms. The number of benzene rings is 2. The molecule has 1 atom stereocenters. The van der Waals surface area contributed by atoms with Gasteiger partial charge in [-0.05, 0) is 71.1 Å². The molecule has 3 rings (SSSR count). The molecule has 0 heterocycles. The third-order valence-corrected chi connectivity index (χ3v) is 7.28. The van der Waals surface area contributed by atoms with E-state index in [2.05, 4.69) is 91.8 Å². The van der Waals surface area contributed by atoms with Gasteiger partial charge in [-0.15, -0.1) is 0 Å². The minimum absolute atomic E-state index is 0.0462. The summed E-state index contributed by atoms with van der Waals surface area (Å²) in [5.74, 6) is 1.09. The molecule has 0 fully saturated rings. The summed E-state index contributed by atoms with van der Waals surface area (Å²) in [6.07, 6.45) is 9.44. The lowest BCUT2D eigenvalue weighted by Crippen LogP contribution is -2.21. The van der Waals surface area contributed by atoms with Crippen LogP contribution in [0.25, 0.3) is 0 Å². The molecule has 0 aliphatic heterocycles. The molecule has 0 saturated carbocycles. The summed E-state index contributed by atoms with van der Waals surface area (Å²) in [4.78, 5) is 0. The Morgan fingerprint density at radius 2 is 1.21 bits per heavy atom. The van der Waals surface area contributed by atoms with Crippen LogP contribution in [0.4, 0.5) is 0 Å². The van der Waals surface area contributed by atoms with Crippen LogP contribution in [0.15, 0.2) is 36.4 Å². The van der Waals surface area contributed by atoms with Gasteiger partial charge < -0.3 is 10.2 Å². The third-order valence-electron chi connectivity index (χ3n) is 7.28. The number of aromatic hydroxyl groups is 2. The van der Waals surface area contributed by atoms with Crippen LogP contribution >= 0.6 is 0 Å². The number of hydrogen-bond acceptors (Lipinski definition) is 2. The monoisotopic (exact) mass is 448 g/mol. The number of phenols is 2. The van der Waals surface area contributed by atoms with E-state index in [1.165, 1.54) is 11.1 Å². The van der Waals surface area contributed by atoms with E-state index in [9.17, 15) is 10.2 Å². The second kappa shape index (κ2) is 9.57. The van der Waals surface area contributed by atoms with E-state index in [0.717, 1.165) is 54.4 Å². The van der Waals surface area contributed by atoms with Gasteiger partial charge in [0.25, 0.3) is 0 Å². The van der Waals surface area contributed by atoms with Crippen LogP contribution in [-0.4, -0.2) is 10.2 Å². The molecule has 0 radical (unpaired) electrons. The minimum Gasteiger partial charge on any atom is -0.507 e. The average Bonchev–Trinajstić information content (AvgIpc) is 2.75. The number of rotatable bonds is 5. The van der Waals surface area contributed by atoms with E-state index in [1.807, 2.05) is 0 Å². The molecule has 1 unspecified atom stereocenters. The van der Waals surface area contributed by atoms with Crippen molar-refractivity contribution in [2.24, 2.45) is 5.92 Å². The Kier molecular flexibility index (Phi) is 7.36. The van der Waals surface area contributed by atoms with Crippen molar-refractivity contribution >= 4 is 0 Å². The van der Waals surface area contributed by atoms with Crippen LogP contribution in [0.1, 0.15) is 114 Å². The first-order chi connectivity index (χ1) is 15.4. The minimum atomic E-state index is -0.162. The average molecular weight is 449 g/mol. The van der Waals surface area contributed by atoms with Crippen LogP contribution in [0.5, 0.6) is 11.5 Å². The Balaban J connectivity index is 2.36. The van der Waals surface area contributed by atoms with Crippen molar-refractivity contribution in [1.82, 2.24) is 0 Å². The van der Waals surface area contributed by atoms with Gasteiger partial charge in [-0.2, -0.15) is 0 Å². The fourth-order valence-corrected chi connectivity index (χ4v) is 5.26. The number of allylic oxidation sites excluding steroid dienone is 2. The summed E-state index contributed by atoms with van der Waals surface area (Å²) in [7, 11) is 0. The highest BCUT2D eigenvalue weighted by molar-refractivity contribution is 5.57. The first kappa shape index (κ1) is 25.4. The van der Waals surface area contributed by atoms with Crippen molar-refractivity contribution in [2.45, 2.75) is 104 Å². The summed E-state index contributed by atoms with van der Waals surface area (Å²) < 4.78 is 0. The quantitative estimate of drug-likeness (QED) is 0.452. The molecular weight excluding hydrogens is 404 g/mol. The zero-order valence-corrected chi connectivity index (χ0v) is 22.0. The lowest BCUT2D eigenvalue weighted by molar-refractivity contribution is 0.381.